The summed E-state index contributed by atoms with van der Waals surface area (Å²) in [4.78, 5) is 0. The van der Waals surface area contributed by atoms with Crippen LogP contribution >= 0.6 is 15.9 Å². The summed E-state index contributed by atoms with van der Waals surface area (Å²) < 4.78 is 29.9. The zero-order chi connectivity index (χ0) is 15.2. The SMILES string of the molecule is NNC(Cc1ccccc1Br)c1cccc(OC(F)F)c1. The van der Waals surface area contributed by atoms with E-state index in [2.05, 4.69) is 26.1 Å². The summed E-state index contributed by atoms with van der Waals surface area (Å²) >= 11 is 3.48. The quantitative estimate of drug-likeness (QED) is 0.611. The van der Waals surface area contributed by atoms with Gasteiger partial charge in [-0.1, -0.05) is 46.3 Å². The van der Waals surface area contributed by atoms with Gasteiger partial charge < -0.3 is 4.74 Å². The van der Waals surface area contributed by atoms with Crippen LogP contribution in [0.5, 0.6) is 5.75 Å². The molecule has 2 aromatic carbocycles. The van der Waals surface area contributed by atoms with Gasteiger partial charge in [-0.2, -0.15) is 8.78 Å². The second-order valence-corrected chi connectivity index (χ2v) is 5.32. The molecular formula is C15H15BrF2N2O. The fraction of sp³-hybridized carbons (Fsp3) is 0.200. The van der Waals surface area contributed by atoms with E-state index in [0.29, 0.717) is 6.42 Å². The van der Waals surface area contributed by atoms with Crippen LogP contribution in [0.2, 0.25) is 0 Å². The van der Waals surface area contributed by atoms with Crippen molar-refractivity contribution in [1.82, 2.24) is 5.43 Å². The van der Waals surface area contributed by atoms with Gasteiger partial charge in [0.05, 0.1) is 6.04 Å². The highest BCUT2D eigenvalue weighted by molar-refractivity contribution is 9.10. The largest absolute Gasteiger partial charge is 0.435 e. The molecule has 3 nitrogen and oxygen atoms in total. The number of alkyl halides is 2. The smallest absolute Gasteiger partial charge is 0.387 e. The van der Waals surface area contributed by atoms with Crippen LogP contribution in [0.1, 0.15) is 17.2 Å². The first-order chi connectivity index (χ1) is 10.1. The van der Waals surface area contributed by atoms with E-state index in [1.54, 1.807) is 12.1 Å². The van der Waals surface area contributed by atoms with Crippen LogP contribution in [0.15, 0.2) is 53.0 Å². The zero-order valence-corrected chi connectivity index (χ0v) is 12.7. The second-order valence-electron chi connectivity index (χ2n) is 4.47. The van der Waals surface area contributed by atoms with E-state index in [1.807, 2.05) is 30.3 Å². The van der Waals surface area contributed by atoms with Gasteiger partial charge in [0.2, 0.25) is 0 Å². The highest BCUT2D eigenvalue weighted by Crippen LogP contribution is 2.26. The van der Waals surface area contributed by atoms with Crippen LogP contribution in [0.25, 0.3) is 0 Å². The van der Waals surface area contributed by atoms with Gasteiger partial charge in [-0.05, 0) is 35.7 Å². The molecule has 0 aliphatic carbocycles. The molecule has 0 spiro atoms. The minimum atomic E-state index is -2.84. The molecule has 0 heterocycles. The van der Waals surface area contributed by atoms with Gasteiger partial charge in [0.1, 0.15) is 5.75 Å². The second kappa shape index (κ2) is 7.49. The molecule has 2 rings (SSSR count). The third kappa shape index (κ3) is 4.49. The first-order valence-corrected chi connectivity index (χ1v) is 7.13. The van der Waals surface area contributed by atoms with Crippen molar-refractivity contribution in [3.63, 3.8) is 0 Å². The lowest BCUT2D eigenvalue weighted by Gasteiger charge is -2.18. The molecule has 0 amide bonds. The Morgan fingerprint density at radius 2 is 1.90 bits per heavy atom. The number of ether oxygens (including phenoxy) is 1. The summed E-state index contributed by atoms with van der Waals surface area (Å²) in [5.41, 5.74) is 4.56. The van der Waals surface area contributed by atoms with Crippen molar-refractivity contribution in [1.29, 1.82) is 0 Å². The highest BCUT2D eigenvalue weighted by Gasteiger charge is 2.14. The third-order valence-electron chi connectivity index (χ3n) is 3.07. The first kappa shape index (κ1) is 15.9. The molecule has 112 valence electrons. The average molecular weight is 357 g/mol. The van der Waals surface area contributed by atoms with Crippen LogP contribution < -0.4 is 16.0 Å². The molecule has 2 aromatic rings. The van der Waals surface area contributed by atoms with Crippen molar-refractivity contribution >= 4 is 15.9 Å². The van der Waals surface area contributed by atoms with Gasteiger partial charge in [0.15, 0.2) is 0 Å². The zero-order valence-electron chi connectivity index (χ0n) is 11.1. The highest BCUT2D eigenvalue weighted by atomic mass is 79.9. The predicted octanol–water partition coefficient (Wildman–Crippen LogP) is 3.80. The van der Waals surface area contributed by atoms with Crippen molar-refractivity contribution in [3.8, 4) is 5.75 Å². The van der Waals surface area contributed by atoms with Crippen LogP contribution in [-0.4, -0.2) is 6.61 Å². The molecule has 1 atom stereocenters. The molecule has 3 N–H and O–H groups in total. The fourth-order valence-electron chi connectivity index (χ4n) is 2.06. The number of nitrogens with two attached hydrogens (primary N) is 1. The number of hydrogen-bond acceptors (Lipinski definition) is 3. The Morgan fingerprint density at radius 3 is 2.57 bits per heavy atom. The first-order valence-electron chi connectivity index (χ1n) is 6.34. The fourth-order valence-corrected chi connectivity index (χ4v) is 2.51. The minimum absolute atomic E-state index is 0.120. The van der Waals surface area contributed by atoms with Gasteiger partial charge in [-0.3, -0.25) is 11.3 Å². The standard InChI is InChI=1S/C15H15BrF2N2O/c16-13-7-2-1-4-10(13)9-14(20-19)11-5-3-6-12(8-11)21-15(17)18/h1-8,14-15,20H,9,19H2. The minimum Gasteiger partial charge on any atom is -0.435 e. The molecule has 1 unspecified atom stereocenters. The molecule has 0 bridgehead atoms. The lowest BCUT2D eigenvalue weighted by Crippen LogP contribution is -2.29. The Labute approximate surface area is 130 Å². The molecule has 0 saturated heterocycles. The maximum Gasteiger partial charge on any atom is 0.387 e. The van der Waals surface area contributed by atoms with Gasteiger partial charge in [-0.15, -0.1) is 0 Å². The molecule has 0 saturated carbocycles. The van der Waals surface area contributed by atoms with Crippen LogP contribution in [-0.2, 0) is 6.42 Å². The molecule has 21 heavy (non-hydrogen) atoms. The van der Waals surface area contributed by atoms with Crippen molar-refractivity contribution in [2.24, 2.45) is 5.84 Å². The van der Waals surface area contributed by atoms with Crippen molar-refractivity contribution < 1.29 is 13.5 Å². The maximum absolute atomic E-state index is 12.3. The number of halogens is 3. The van der Waals surface area contributed by atoms with Crippen molar-refractivity contribution in [2.45, 2.75) is 19.1 Å². The van der Waals surface area contributed by atoms with E-state index in [0.717, 1.165) is 15.6 Å². The topological polar surface area (TPSA) is 47.3 Å². The Kier molecular flexibility index (Phi) is 5.67. The monoisotopic (exact) mass is 356 g/mol. The predicted molar refractivity (Wildman–Crippen MR) is 81.0 cm³/mol. The Balaban J connectivity index is 2.19. The number of nitrogens with one attached hydrogen (secondary N) is 1. The molecule has 0 fully saturated rings. The molecule has 0 aliphatic heterocycles. The number of rotatable bonds is 6. The van der Waals surface area contributed by atoms with Gasteiger partial charge in [0.25, 0.3) is 0 Å². The lowest BCUT2D eigenvalue weighted by molar-refractivity contribution is -0.0499. The summed E-state index contributed by atoms with van der Waals surface area (Å²) in [6, 6.07) is 14.1. The normalized spacial score (nSPS) is 12.4. The average Bonchev–Trinajstić information content (AvgIpc) is 2.46. The molecule has 0 aliphatic rings. The number of benzene rings is 2. The van der Waals surface area contributed by atoms with Crippen molar-refractivity contribution in [2.75, 3.05) is 0 Å². The van der Waals surface area contributed by atoms with E-state index < -0.39 is 6.61 Å². The van der Waals surface area contributed by atoms with Crippen molar-refractivity contribution in [3.05, 3.63) is 64.1 Å². The van der Waals surface area contributed by atoms with Gasteiger partial charge in [0, 0.05) is 4.47 Å². The van der Waals surface area contributed by atoms with E-state index in [1.165, 1.54) is 6.07 Å². The van der Waals surface area contributed by atoms with Gasteiger partial charge >= 0.3 is 6.61 Å². The number of hydrazine groups is 1. The molecule has 0 radical (unpaired) electrons. The van der Waals surface area contributed by atoms with E-state index in [-0.39, 0.29) is 11.8 Å². The summed E-state index contributed by atoms with van der Waals surface area (Å²) in [5.74, 6) is 5.72. The summed E-state index contributed by atoms with van der Waals surface area (Å²) in [6.45, 7) is -2.84. The molecule has 6 heteroatoms. The van der Waals surface area contributed by atoms with Crippen LogP contribution in [0.3, 0.4) is 0 Å². The summed E-state index contributed by atoms with van der Waals surface area (Å²) in [5, 5.41) is 0. The van der Waals surface area contributed by atoms with E-state index in [9.17, 15) is 8.78 Å². The van der Waals surface area contributed by atoms with E-state index in [4.69, 9.17) is 5.84 Å². The Morgan fingerprint density at radius 1 is 1.14 bits per heavy atom. The summed E-state index contributed by atoms with van der Waals surface area (Å²) in [7, 11) is 0. The van der Waals surface area contributed by atoms with Crippen LogP contribution in [0, 0.1) is 0 Å². The van der Waals surface area contributed by atoms with Crippen LogP contribution in [0.4, 0.5) is 8.78 Å². The lowest BCUT2D eigenvalue weighted by atomic mass is 9.99. The Hall–Kier alpha value is -1.50. The Bertz CT molecular complexity index is 595. The summed E-state index contributed by atoms with van der Waals surface area (Å²) in [6.07, 6.45) is 0.621. The molecule has 0 aromatic heterocycles. The van der Waals surface area contributed by atoms with E-state index >= 15 is 0 Å². The number of hydrogen-bond donors (Lipinski definition) is 2. The molecular weight excluding hydrogens is 342 g/mol. The third-order valence-corrected chi connectivity index (χ3v) is 3.84. The van der Waals surface area contributed by atoms with Gasteiger partial charge in [-0.25, -0.2) is 0 Å². The maximum atomic E-state index is 12.3.